The van der Waals surface area contributed by atoms with Crippen LogP contribution in [0.4, 0.5) is 0 Å². The molecule has 3 N–H and O–H groups in total. The van der Waals surface area contributed by atoms with Crippen molar-refractivity contribution in [2.24, 2.45) is 5.73 Å². The van der Waals surface area contributed by atoms with Crippen LogP contribution in [0.2, 0.25) is 0 Å². The van der Waals surface area contributed by atoms with Crippen molar-refractivity contribution >= 4 is 10.9 Å². The third-order valence-electron chi connectivity index (χ3n) is 3.08. The number of hydrogen-bond donors (Lipinski definition) is 2. The van der Waals surface area contributed by atoms with E-state index < -0.39 is 0 Å². The van der Waals surface area contributed by atoms with Gasteiger partial charge in [0.1, 0.15) is 5.75 Å². The van der Waals surface area contributed by atoms with Gasteiger partial charge in [-0.1, -0.05) is 5.16 Å². The first-order valence-electron chi connectivity index (χ1n) is 5.92. The lowest BCUT2D eigenvalue weighted by atomic mass is 10.1. The molecule has 6 heteroatoms. The van der Waals surface area contributed by atoms with Gasteiger partial charge in [-0.3, -0.25) is 0 Å². The quantitative estimate of drug-likeness (QED) is 0.749. The summed E-state index contributed by atoms with van der Waals surface area (Å²) in [4.78, 5) is 7.43. The Balaban J connectivity index is 2.25. The fourth-order valence-electron chi connectivity index (χ4n) is 2.19. The fourth-order valence-corrected chi connectivity index (χ4v) is 2.19. The predicted octanol–water partition coefficient (Wildman–Crippen LogP) is 1.99. The molecule has 0 unspecified atom stereocenters. The van der Waals surface area contributed by atoms with Crippen molar-refractivity contribution in [2.75, 3.05) is 7.11 Å². The summed E-state index contributed by atoms with van der Waals surface area (Å²) < 4.78 is 10.6. The number of ether oxygens (including phenoxy) is 1. The Kier molecular flexibility index (Phi) is 2.72. The zero-order valence-corrected chi connectivity index (χ0v) is 10.7. The lowest BCUT2D eigenvalue weighted by molar-refractivity contribution is 0.380. The van der Waals surface area contributed by atoms with E-state index in [1.165, 1.54) is 0 Å². The van der Waals surface area contributed by atoms with Gasteiger partial charge in [-0.25, -0.2) is 0 Å². The standard InChI is InChI=1S/C13H14N4O2/c1-7-6-15-9-4-3-8(12(18-2)11(7)9)13-16-10(5-14)19-17-13/h3-4,6,15H,5,14H2,1-2H3. The number of nitrogens with two attached hydrogens (primary N) is 1. The number of aromatic amines is 1. The number of rotatable bonds is 3. The summed E-state index contributed by atoms with van der Waals surface area (Å²) in [5, 5.41) is 4.96. The molecule has 0 spiro atoms. The Morgan fingerprint density at radius 1 is 1.42 bits per heavy atom. The van der Waals surface area contributed by atoms with E-state index in [-0.39, 0.29) is 6.54 Å². The van der Waals surface area contributed by atoms with Crippen molar-refractivity contribution in [2.45, 2.75) is 13.5 Å². The molecule has 0 aliphatic rings. The highest BCUT2D eigenvalue weighted by Gasteiger charge is 2.17. The maximum atomic E-state index is 5.52. The Morgan fingerprint density at radius 2 is 2.26 bits per heavy atom. The Hall–Kier alpha value is -2.34. The highest BCUT2D eigenvalue weighted by molar-refractivity contribution is 5.94. The molecule has 0 atom stereocenters. The smallest absolute Gasteiger partial charge is 0.240 e. The van der Waals surface area contributed by atoms with Gasteiger partial charge >= 0.3 is 0 Å². The molecule has 2 heterocycles. The molecule has 0 fully saturated rings. The van der Waals surface area contributed by atoms with E-state index in [2.05, 4.69) is 15.1 Å². The minimum atomic E-state index is 0.223. The van der Waals surface area contributed by atoms with Crippen molar-refractivity contribution in [1.29, 1.82) is 0 Å². The van der Waals surface area contributed by atoms with Gasteiger partial charge in [0.2, 0.25) is 11.7 Å². The van der Waals surface area contributed by atoms with Crippen LogP contribution in [0.15, 0.2) is 22.9 Å². The maximum Gasteiger partial charge on any atom is 0.240 e. The second-order valence-electron chi connectivity index (χ2n) is 4.26. The van der Waals surface area contributed by atoms with E-state index in [4.69, 9.17) is 15.0 Å². The van der Waals surface area contributed by atoms with Crippen LogP contribution in [0, 0.1) is 6.92 Å². The van der Waals surface area contributed by atoms with Crippen LogP contribution in [0.3, 0.4) is 0 Å². The van der Waals surface area contributed by atoms with Gasteiger partial charge in [-0.05, 0) is 24.6 Å². The highest BCUT2D eigenvalue weighted by atomic mass is 16.5. The van der Waals surface area contributed by atoms with E-state index in [0.717, 1.165) is 27.8 Å². The summed E-state index contributed by atoms with van der Waals surface area (Å²) in [7, 11) is 1.63. The normalized spacial score (nSPS) is 11.1. The number of aryl methyl sites for hydroxylation is 1. The van der Waals surface area contributed by atoms with Gasteiger partial charge < -0.3 is 20.0 Å². The van der Waals surface area contributed by atoms with E-state index in [9.17, 15) is 0 Å². The molecule has 0 aliphatic heterocycles. The van der Waals surface area contributed by atoms with E-state index >= 15 is 0 Å². The number of benzene rings is 1. The first-order valence-corrected chi connectivity index (χ1v) is 5.92. The van der Waals surface area contributed by atoms with Crippen molar-refractivity contribution in [1.82, 2.24) is 15.1 Å². The molecule has 19 heavy (non-hydrogen) atoms. The van der Waals surface area contributed by atoms with Gasteiger partial charge in [-0.2, -0.15) is 4.98 Å². The zero-order chi connectivity index (χ0) is 13.4. The largest absolute Gasteiger partial charge is 0.495 e. The minimum absolute atomic E-state index is 0.223. The van der Waals surface area contributed by atoms with Gasteiger partial charge in [0.25, 0.3) is 0 Å². The minimum Gasteiger partial charge on any atom is -0.495 e. The van der Waals surface area contributed by atoms with Gasteiger partial charge in [0.05, 0.1) is 19.2 Å². The zero-order valence-electron chi connectivity index (χ0n) is 10.7. The van der Waals surface area contributed by atoms with Gasteiger partial charge in [0, 0.05) is 17.1 Å². The number of aromatic nitrogens is 3. The molecule has 0 saturated carbocycles. The lowest BCUT2D eigenvalue weighted by Crippen LogP contribution is -1.96. The van der Waals surface area contributed by atoms with Crippen LogP contribution in [-0.4, -0.2) is 22.2 Å². The summed E-state index contributed by atoms with van der Waals surface area (Å²) in [5.41, 5.74) is 8.39. The lowest BCUT2D eigenvalue weighted by Gasteiger charge is -2.07. The third-order valence-corrected chi connectivity index (χ3v) is 3.08. The molecule has 3 aromatic rings. The number of hydrogen-bond acceptors (Lipinski definition) is 5. The SMILES string of the molecule is COc1c(-c2noc(CN)n2)ccc2[nH]cc(C)c12. The summed E-state index contributed by atoms with van der Waals surface area (Å²) in [6.07, 6.45) is 1.94. The molecular weight excluding hydrogens is 244 g/mol. The Labute approximate surface area is 109 Å². The van der Waals surface area contributed by atoms with E-state index in [1.807, 2.05) is 25.3 Å². The van der Waals surface area contributed by atoms with Crippen molar-refractivity contribution < 1.29 is 9.26 Å². The fraction of sp³-hybridized carbons (Fsp3) is 0.231. The van der Waals surface area contributed by atoms with E-state index in [0.29, 0.717) is 11.7 Å². The molecule has 0 aliphatic carbocycles. The van der Waals surface area contributed by atoms with Crippen LogP contribution in [0.25, 0.3) is 22.3 Å². The van der Waals surface area contributed by atoms with Crippen molar-refractivity contribution in [3.8, 4) is 17.1 Å². The number of nitrogens with zero attached hydrogens (tertiary/aromatic N) is 2. The number of fused-ring (bicyclic) bond motifs is 1. The summed E-state index contributed by atoms with van der Waals surface area (Å²) >= 11 is 0. The van der Waals surface area contributed by atoms with Crippen molar-refractivity contribution in [3.63, 3.8) is 0 Å². The summed E-state index contributed by atoms with van der Waals surface area (Å²) in [5.74, 6) is 1.63. The second kappa shape index (κ2) is 4.40. The van der Waals surface area contributed by atoms with Gasteiger partial charge in [-0.15, -0.1) is 0 Å². The highest BCUT2D eigenvalue weighted by Crippen LogP contribution is 2.36. The monoisotopic (exact) mass is 258 g/mol. The number of methoxy groups -OCH3 is 1. The Morgan fingerprint density at radius 3 is 2.95 bits per heavy atom. The topological polar surface area (TPSA) is 90.0 Å². The van der Waals surface area contributed by atoms with Crippen LogP contribution >= 0.6 is 0 Å². The number of H-pyrrole nitrogens is 1. The third kappa shape index (κ3) is 1.77. The van der Waals surface area contributed by atoms with Gasteiger partial charge in [0.15, 0.2) is 0 Å². The summed E-state index contributed by atoms with van der Waals surface area (Å²) in [6, 6.07) is 3.88. The molecule has 98 valence electrons. The second-order valence-corrected chi connectivity index (χ2v) is 4.26. The molecule has 0 saturated heterocycles. The average molecular weight is 258 g/mol. The first kappa shape index (κ1) is 11.7. The Bertz CT molecular complexity index is 729. The molecular formula is C13H14N4O2. The molecule has 6 nitrogen and oxygen atoms in total. The van der Waals surface area contributed by atoms with Crippen LogP contribution < -0.4 is 10.5 Å². The molecule has 0 amide bonds. The maximum absolute atomic E-state index is 5.52. The molecule has 0 bridgehead atoms. The van der Waals surface area contributed by atoms with Crippen LogP contribution in [-0.2, 0) is 6.54 Å². The number of nitrogens with one attached hydrogen (secondary N) is 1. The molecule has 3 rings (SSSR count). The first-order chi connectivity index (χ1) is 9.24. The van der Waals surface area contributed by atoms with Crippen LogP contribution in [0.5, 0.6) is 5.75 Å². The molecule has 0 radical (unpaired) electrons. The molecule has 2 aromatic heterocycles. The predicted molar refractivity (Wildman–Crippen MR) is 70.8 cm³/mol. The molecule has 1 aromatic carbocycles. The van der Waals surface area contributed by atoms with E-state index in [1.54, 1.807) is 7.11 Å². The average Bonchev–Trinajstić information content (AvgIpc) is 3.05. The van der Waals surface area contributed by atoms with Crippen molar-refractivity contribution in [3.05, 3.63) is 29.8 Å². The van der Waals surface area contributed by atoms with Crippen LogP contribution in [0.1, 0.15) is 11.5 Å². The summed E-state index contributed by atoms with van der Waals surface area (Å²) in [6.45, 7) is 2.24.